The Kier molecular flexibility index (Phi) is 5.77. The van der Waals surface area contributed by atoms with E-state index >= 15 is 0 Å². The number of H-pyrrole nitrogens is 1. The first-order valence-corrected chi connectivity index (χ1v) is 10.6. The third kappa shape index (κ3) is 4.31. The molecule has 3 N–H and O–H groups in total. The normalized spacial score (nSPS) is 10.9. The first kappa shape index (κ1) is 20.7. The van der Waals surface area contributed by atoms with Crippen molar-refractivity contribution in [1.82, 2.24) is 19.7 Å². The molecule has 158 valence electrons. The Bertz CT molecular complexity index is 1310. The van der Waals surface area contributed by atoms with Gasteiger partial charge in [-0.1, -0.05) is 35.5 Å². The zero-order chi connectivity index (χ0) is 22.0. The molecule has 4 rings (SSSR count). The molecule has 8 nitrogen and oxygen atoms in total. The van der Waals surface area contributed by atoms with Gasteiger partial charge in [0.05, 0.1) is 23.9 Å². The minimum atomic E-state index is -0.178. The number of aromatic amines is 1. The lowest BCUT2D eigenvalue weighted by Gasteiger charge is -2.14. The Morgan fingerprint density at radius 1 is 1.23 bits per heavy atom. The first-order valence-electron chi connectivity index (χ1n) is 9.62. The molecule has 0 fully saturated rings. The number of aromatic nitrogens is 4. The van der Waals surface area contributed by atoms with Gasteiger partial charge < -0.3 is 10.1 Å². The highest BCUT2D eigenvalue weighted by atomic mass is 32.2. The Morgan fingerprint density at radius 3 is 2.74 bits per heavy atom. The van der Waals surface area contributed by atoms with E-state index in [4.69, 9.17) is 10.1 Å². The number of nitrogens with zero attached hydrogens (tertiary/aromatic N) is 3. The van der Waals surface area contributed by atoms with E-state index in [0.717, 1.165) is 11.3 Å². The maximum absolute atomic E-state index is 12.6. The fraction of sp³-hybridized carbons (Fsp3) is 0.182. The number of aryl methyl sites for hydroxylation is 2. The van der Waals surface area contributed by atoms with Gasteiger partial charge in [0.1, 0.15) is 11.2 Å². The van der Waals surface area contributed by atoms with Crippen LogP contribution in [0.15, 0.2) is 53.7 Å². The number of benzene rings is 2. The van der Waals surface area contributed by atoms with Crippen LogP contribution in [0.2, 0.25) is 0 Å². The summed E-state index contributed by atoms with van der Waals surface area (Å²) < 4.78 is 6.94. The molecule has 0 unspecified atom stereocenters. The highest BCUT2D eigenvalue weighted by molar-refractivity contribution is 7.99. The number of carbonyl (C=O) groups is 1. The van der Waals surface area contributed by atoms with Gasteiger partial charge in [-0.05, 0) is 38.1 Å². The smallest absolute Gasteiger partial charge is 0.234 e. The van der Waals surface area contributed by atoms with Crippen LogP contribution in [-0.4, -0.2) is 38.5 Å². The minimum absolute atomic E-state index is 0.133. The molecular formula is C22H22N6O2S. The molecule has 9 heteroatoms. The number of thioether (sulfide) groups is 1. The van der Waals surface area contributed by atoms with Crippen molar-refractivity contribution >= 4 is 34.4 Å². The molecule has 0 spiro atoms. The van der Waals surface area contributed by atoms with Crippen LogP contribution >= 0.6 is 11.8 Å². The van der Waals surface area contributed by atoms with Gasteiger partial charge in [-0.2, -0.15) is 5.10 Å². The molecule has 2 aromatic carbocycles. The van der Waals surface area contributed by atoms with E-state index in [0.29, 0.717) is 33.3 Å². The van der Waals surface area contributed by atoms with Crippen LogP contribution in [-0.2, 0) is 4.79 Å². The van der Waals surface area contributed by atoms with Crippen molar-refractivity contribution in [1.29, 1.82) is 5.41 Å². The highest BCUT2D eigenvalue weighted by Crippen LogP contribution is 2.23. The molecule has 0 atom stereocenters. The van der Waals surface area contributed by atoms with Crippen LogP contribution in [0.5, 0.6) is 5.75 Å². The molecule has 0 radical (unpaired) electrons. The molecule has 4 aromatic rings. The number of hydrogen-bond acceptors (Lipinski definition) is 6. The lowest BCUT2D eigenvalue weighted by molar-refractivity contribution is -0.113. The van der Waals surface area contributed by atoms with E-state index in [2.05, 4.69) is 20.5 Å². The van der Waals surface area contributed by atoms with Crippen molar-refractivity contribution in [2.45, 2.75) is 19.0 Å². The van der Waals surface area contributed by atoms with Gasteiger partial charge >= 0.3 is 0 Å². The number of carbonyl (C=O) groups excluding carboxylic acids is 1. The second-order valence-corrected chi connectivity index (χ2v) is 7.96. The summed E-state index contributed by atoms with van der Waals surface area (Å²) in [6.07, 6.45) is 0. The standard InChI is InChI=1S/C22H22N6O2S/c1-13-7-9-16(10-8-13)28-20(23)19-14(2)26-27-21(19)25-22(28)31-12-18(29)24-15-5-4-6-17(11-15)30-3/h4-11,23H,12H2,1-3H3,(H,24,29)(H,26,27). The van der Waals surface area contributed by atoms with E-state index in [1.807, 2.05) is 50.2 Å². The summed E-state index contributed by atoms with van der Waals surface area (Å²) in [7, 11) is 1.58. The van der Waals surface area contributed by atoms with Gasteiger partial charge in [0.2, 0.25) is 5.91 Å². The number of anilines is 1. The Hall–Kier alpha value is -3.59. The van der Waals surface area contributed by atoms with E-state index in [-0.39, 0.29) is 17.1 Å². The molecule has 0 aliphatic carbocycles. The van der Waals surface area contributed by atoms with Crippen LogP contribution in [0.1, 0.15) is 11.3 Å². The van der Waals surface area contributed by atoms with Gasteiger partial charge in [-0.25, -0.2) is 4.98 Å². The molecule has 2 heterocycles. The maximum Gasteiger partial charge on any atom is 0.234 e. The van der Waals surface area contributed by atoms with Gasteiger partial charge in [0, 0.05) is 17.4 Å². The van der Waals surface area contributed by atoms with E-state index in [1.54, 1.807) is 23.8 Å². The molecule has 1 amide bonds. The first-order chi connectivity index (χ1) is 15.0. The average molecular weight is 435 g/mol. The largest absolute Gasteiger partial charge is 0.497 e. The van der Waals surface area contributed by atoms with E-state index < -0.39 is 0 Å². The summed E-state index contributed by atoms with van der Waals surface area (Å²) in [6.45, 7) is 3.85. The van der Waals surface area contributed by atoms with Gasteiger partial charge in [0.25, 0.3) is 0 Å². The zero-order valence-corrected chi connectivity index (χ0v) is 18.2. The fourth-order valence-corrected chi connectivity index (χ4v) is 4.01. The molecular weight excluding hydrogens is 412 g/mol. The summed E-state index contributed by atoms with van der Waals surface area (Å²) >= 11 is 1.26. The van der Waals surface area contributed by atoms with Crippen LogP contribution < -0.4 is 15.5 Å². The van der Waals surface area contributed by atoms with Crippen molar-refractivity contribution in [3.05, 3.63) is 65.3 Å². The SMILES string of the molecule is COc1cccc(NC(=O)CSc2nc3[nH]nc(C)c3c(=N)n2-c2ccc(C)cc2)c1. The highest BCUT2D eigenvalue weighted by Gasteiger charge is 2.16. The quantitative estimate of drug-likeness (QED) is 0.317. The third-order valence-electron chi connectivity index (χ3n) is 4.77. The van der Waals surface area contributed by atoms with Crippen molar-refractivity contribution < 1.29 is 9.53 Å². The number of methoxy groups -OCH3 is 1. The number of fused-ring (bicyclic) bond motifs is 1. The van der Waals surface area contributed by atoms with Crippen molar-refractivity contribution in [3.63, 3.8) is 0 Å². The predicted molar refractivity (Wildman–Crippen MR) is 121 cm³/mol. The molecule has 0 bridgehead atoms. The monoisotopic (exact) mass is 434 g/mol. The number of ether oxygens (including phenoxy) is 1. The van der Waals surface area contributed by atoms with Crippen molar-refractivity contribution in [2.75, 3.05) is 18.2 Å². The second-order valence-electron chi connectivity index (χ2n) is 7.02. The number of amides is 1. The summed E-state index contributed by atoms with van der Waals surface area (Å²) in [6, 6.07) is 15.0. The summed E-state index contributed by atoms with van der Waals surface area (Å²) in [5.41, 5.74) is 4.10. The third-order valence-corrected chi connectivity index (χ3v) is 5.70. The van der Waals surface area contributed by atoms with E-state index in [1.165, 1.54) is 11.8 Å². The predicted octanol–water partition coefficient (Wildman–Crippen LogP) is 3.58. The molecule has 0 saturated heterocycles. The molecule has 31 heavy (non-hydrogen) atoms. The molecule has 2 aromatic heterocycles. The Morgan fingerprint density at radius 2 is 2.00 bits per heavy atom. The van der Waals surface area contributed by atoms with Gasteiger partial charge in [-0.3, -0.25) is 19.9 Å². The van der Waals surface area contributed by atoms with Crippen LogP contribution in [0.25, 0.3) is 16.7 Å². The Balaban J connectivity index is 1.64. The van der Waals surface area contributed by atoms with Crippen molar-refractivity contribution in [2.24, 2.45) is 0 Å². The minimum Gasteiger partial charge on any atom is -0.497 e. The van der Waals surface area contributed by atoms with Gasteiger partial charge in [0.15, 0.2) is 10.8 Å². The average Bonchev–Trinajstić information content (AvgIpc) is 3.14. The molecule has 0 saturated carbocycles. The van der Waals surface area contributed by atoms with Crippen LogP contribution in [0, 0.1) is 19.3 Å². The second kappa shape index (κ2) is 8.65. The number of nitrogens with one attached hydrogen (secondary N) is 3. The topological polar surface area (TPSA) is 109 Å². The maximum atomic E-state index is 12.6. The van der Waals surface area contributed by atoms with Gasteiger partial charge in [-0.15, -0.1) is 0 Å². The Labute approximate surface area is 183 Å². The lowest BCUT2D eigenvalue weighted by Crippen LogP contribution is -2.23. The summed E-state index contributed by atoms with van der Waals surface area (Å²) in [4.78, 5) is 17.2. The molecule has 0 aliphatic heterocycles. The van der Waals surface area contributed by atoms with Crippen LogP contribution in [0.4, 0.5) is 5.69 Å². The number of hydrogen-bond donors (Lipinski definition) is 3. The lowest BCUT2D eigenvalue weighted by atomic mass is 10.2. The van der Waals surface area contributed by atoms with Crippen molar-refractivity contribution in [3.8, 4) is 11.4 Å². The van der Waals surface area contributed by atoms with Crippen LogP contribution in [0.3, 0.4) is 0 Å². The summed E-state index contributed by atoms with van der Waals surface area (Å²) in [5, 5.41) is 19.9. The zero-order valence-electron chi connectivity index (χ0n) is 17.4. The summed E-state index contributed by atoms with van der Waals surface area (Å²) in [5.74, 6) is 0.625. The van der Waals surface area contributed by atoms with E-state index in [9.17, 15) is 4.79 Å². The number of rotatable bonds is 6. The molecule has 0 aliphatic rings. The fourth-order valence-electron chi connectivity index (χ4n) is 3.20.